The molecule has 2 nitrogen and oxygen atoms in total. The molecule has 0 saturated carbocycles. The standard InChI is InChI=1S/Cl2O2.Cr/c1-3-4-2;. The van der Waals surface area contributed by atoms with Crippen molar-refractivity contribution in [1.29, 1.82) is 0 Å². The van der Waals surface area contributed by atoms with E-state index >= 15 is 0 Å². The van der Waals surface area contributed by atoms with E-state index < -0.39 is 0 Å². The first-order valence-electron chi connectivity index (χ1n) is 0.475. The predicted molar refractivity (Wildman–Crippen MR) is 13.9 cm³/mol. The molecule has 32 valence electrons. The first kappa shape index (κ1) is 9.40. The van der Waals surface area contributed by atoms with E-state index in [1.807, 2.05) is 0 Å². The van der Waals surface area contributed by atoms with Crippen molar-refractivity contribution in [1.82, 2.24) is 0 Å². The number of hydrogen-bond acceptors (Lipinski definition) is 2. The van der Waals surface area contributed by atoms with Crippen molar-refractivity contribution in [3.05, 3.63) is 0 Å². The third-order valence-electron chi connectivity index (χ3n) is 0.0238. The molecule has 0 atom stereocenters. The summed E-state index contributed by atoms with van der Waals surface area (Å²) in [5.41, 5.74) is 0. The molecule has 0 spiro atoms. The maximum absolute atomic E-state index is 4.33. The Morgan fingerprint density at radius 3 is 1.20 bits per heavy atom. The van der Waals surface area contributed by atoms with Gasteiger partial charge < -0.3 is 0 Å². The summed E-state index contributed by atoms with van der Waals surface area (Å²) in [4.78, 5) is 0. The van der Waals surface area contributed by atoms with Crippen LogP contribution < -0.4 is 0 Å². The SMILES string of the molecule is ClOOCl.[Cr]. The van der Waals surface area contributed by atoms with E-state index in [4.69, 9.17) is 0 Å². The Hall–Kier alpha value is 1.03. The number of hydrogen-bond donors (Lipinski definition) is 0. The summed E-state index contributed by atoms with van der Waals surface area (Å²) >= 11 is 8.66. The number of halogens is 2. The Morgan fingerprint density at radius 2 is 1.20 bits per heavy atom. The van der Waals surface area contributed by atoms with E-state index in [0.717, 1.165) is 0 Å². The molecule has 0 unspecified atom stereocenters. The summed E-state index contributed by atoms with van der Waals surface area (Å²) in [6.07, 6.45) is 0. The molecule has 0 fully saturated rings. The van der Waals surface area contributed by atoms with Crippen LogP contribution in [-0.2, 0) is 26.2 Å². The van der Waals surface area contributed by atoms with Crippen LogP contribution in [-0.4, -0.2) is 0 Å². The second kappa shape index (κ2) is 8.90. The van der Waals surface area contributed by atoms with E-state index in [2.05, 4.69) is 32.6 Å². The fourth-order valence-electron chi connectivity index (χ4n) is 0. The molecule has 0 aromatic carbocycles. The fraction of sp³-hybridized carbons (Fsp3) is 0. The molecule has 0 amide bonds. The summed E-state index contributed by atoms with van der Waals surface area (Å²) in [5, 5.41) is 0. The van der Waals surface area contributed by atoms with Crippen molar-refractivity contribution < 1.29 is 26.2 Å². The van der Waals surface area contributed by atoms with E-state index in [-0.39, 0.29) is 17.4 Å². The zero-order valence-electron chi connectivity index (χ0n) is 1.98. The third kappa shape index (κ3) is 11.2. The molecular weight excluding hydrogens is 155 g/mol. The Kier molecular flexibility index (Phi) is 16.7. The molecular formula is Cl2CrO2. The molecule has 0 rings (SSSR count). The van der Waals surface area contributed by atoms with Crippen molar-refractivity contribution in [2.24, 2.45) is 0 Å². The second-order valence-corrected chi connectivity index (χ2v) is 0.378. The third-order valence-corrected chi connectivity index (χ3v) is 0.214. The zero-order valence-corrected chi connectivity index (χ0v) is 4.77. The minimum absolute atomic E-state index is 0. The molecule has 0 aliphatic heterocycles. The van der Waals surface area contributed by atoms with Crippen LogP contribution in [0.3, 0.4) is 0 Å². The van der Waals surface area contributed by atoms with Gasteiger partial charge in [-0.15, -0.1) is 8.88 Å². The average molecular weight is 155 g/mol. The predicted octanol–water partition coefficient (Wildman–Crippen LogP) is 1.24. The van der Waals surface area contributed by atoms with Gasteiger partial charge in [0.25, 0.3) is 0 Å². The van der Waals surface area contributed by atoms with Crippen molar-refractivity contribution >= 4 is 23.7 Å². The monoisotopic (exact) mass is 154 g/mol. The van der Waals surface area contributed by atoms with Crippen molar-refractivity contribution in [2.45, 2.75) is 0 Å². The molecule has 0 aromatic heterocycles. The Morgan fingerprint density at radius 1 is 1.00 bits per heavy atom. The Labute approximate surface area is 50.4 Å². The molecule has 0 aliphatic rings. The van der Waals surface area contributed by atoms with E-state index in [1.54, 1.807) is 0 Å². The Balaban J connectivity index is 0. The molecule has 0 N–H and O–H groups in total. The van der Waals surface area contributed by atoms with Gasteiger partial charge in [0.15, 0.2) is 0 Å². The van der Waals surface area contributed by atoms with Crippen LogP contribution in [0.5, 0.6) is 0 Å². The van der Waals surface area contributed by atoms with Crippen LogP contribution in [0.15, 0.2) is 0 Å². The molecule has 5 heteroatoms. The van der Waals surface area contributed by atoms with Gasteiger partial charge in [-0.1, -0.05) is 0 Å². The summed E-state index contributed by atoms with van der Waals surface area (Å²) < 4.78 is 6.56. The van der Waals surface area contributed by atoms with Crippen molar-refractivity contribution in [3.63, 3.8) is 0 Å². The van der Waals surface area contributed by atoms with Gasteiger partial charge in [0, 0.05) is 17.4 Å². The van der Waals surface area contributed by atoms with Gasteiger partial charge in [-0.3, -0.25) is 0 Å². The second-order valence-electron chi connectivity index (χ2n) is 0.126. The maximum Gasteiger partial charge on any atom is 0.102 e. The summed E-state index contributed by atoms with van der Waals surface area (Å²) in [5.74, 6) is 0. The van der Waals surface area contributed by atoms with Crippen molar-refractivity contribution in [3.8, 4) is 0 Å². The smallest absolute Gasteiger partial charge is 0.102 e. The molecule has 0 aliphatic carbocycles. The minimum Gasteiger partial charge on any atom is -0.102 e. The molecule has 0 radical (unpaired) electrons. The van der Waals surface area contributed by atoms with Crippen LogP contribution >= 0.6 is 23.7 Å². The van der Waals surface area contributed by atoms with Gasteiger partial charge in [0.2, 0.25) is 0 Å². The first-order chi connectivity index (χ1) is 1.91. The van der Waals surface area contributed by atoms with Gasteiger partial charge >= 0.3 is 0 Å². The summed E-state index contributed by atoms with van der Waals surface area (Å²) in [6.45, 7) is 0. The average Bonchev–Trinajstić information content (AvgIpc) is 1.37. The maximum atomic E-state index is 4.33. The quantitative estimate of drug-likeness (QED) is 0.418. The van der Waals surface area contributed by atoms with E-state index in [9.17, 15) is 0 Å². The minimum atomic E-state index is 0. The molecule has 0 saturated heterocycles. The van der Waals surface area contributed by atoms with Gasteiger partial charge in [0.05, 0.1) is 0 Å². The van der Waals surface area contributed by atoms with Crippen LogP contribution in [0.2, 0.25) is 0 Å². The fourth-order valence-corrected chi connectivity index (χ4v) is 0. The largest absolute Gasteiger partial charge is 0.102 e. The van der Waals surface area contributed by atoms with Crippen LogP contribution in [0.4, 0.5) is 0 Å². The van der Waals surface area contributed by atoms with Gasteiger partial charge in [-0.2, -0.15) is 0 Å². The summed E-state index contributed by atoms with van der Waals surface area (Å²) in [6, 6.07) is 0. The Bertz CT molecular complexity index is 9.61. The van der Waals surface area contributed by atoms with Gasteiger partial charge in [-0.05, 0) is 0 Å². The van der Waals surface area contributed by atoms with Crippen LogP contribution in [0, 0.1) is 0 Å². The normalized spacial score (nSPS) is 6.00. The topological polar surface area (TPSA) is 18.5 Å². The van der Waals surface area contributed by atoms with E-state index in [1.165, 1.54) is 0 Å². The van der Waals surface area contributed by atoms with Gasteiger partial charge in [-0.25, -0.2) is 0 Å². The zero-order chi connectivity index (χ0) is 3.41. The van der Waals surface area contributed by atoms with E-state index in [0.29, 0.717) is 0 Å². The van der Waals surface area contributed by atoms with Gasteiger partial charge in [0.1, 0.15) is 23.7 Å². The summed E-state index contributed by atoms with van der Waals surface area (Å²) in [7, 11) is 0. The van der Waals surface area contributed by atoms with Crippen molar-refractivity contribution in [2.75, 3.05) is 0 Å². The molecule has 0 aromatic rings. The van der Waals surface area contributed by atoms with Crippen LogP contribution in [0.25, 0.3) is 0 Å². The molecule has 0 bridgehead atoms. The molecule has 5 heavy (non-hydrogen) atoms. The molecule has 0 heterocycles. The van der Waals surface area contributed by atoms with Crippen LogP contribution in [0.1, 0.15) is 0 Å². The first-order valence-corrected chi connectivity index (χ1v) is 1.09. The number of rotatable bonds is 1.